The largest absolute Gasteiger partial charge is 0.487 e. The summed E-state index contributed by atoms with van der Waals surface area (Å²) >= 11 is 0. The molecule has 1 aromatic rings. The minimum Gasteiger partial charge on any atom is -0.487 e. The van der Waals surface area contributed by atoms with E-state index in [9.17, 15) is 16.8 Å². The van der Waals surface area contributed by atoms with Crippen molar-refractivity contribution in [2.45, 2.75) is 12.8 Å². The molecule has 0 aliphatic rings. The van der Waals surface area contributed by atoms with Gasteiger partial charge in [-0.05, 0) is 25.0 Å². The van der Waals surface area contributed by atoms with E-state index in [1.807, 2.05) is 0 Å². The highest BCUT2D eigenvalue weighted by Crippen LogP contribution is 2.26. The Morgan fingerprint density at radius 3 is 1.39 bits per heavy atom. The first-order valence-corrected chi connectivity index (χ1v) is 11.8. The third-order valence-corrected chi connectivity index (χ3v) is 4.81. The molecule has 10 nitrogen and oxygen atoms in total. The van der Waals surface area contributed by atoms with Crippen LogP contribution in [0.5, 0.6) is 11.5 Å². The molecule has 0 fully saturated rings. The summed E-state index contributed by atoms with van der Waals surface area (Å²) in [6.45, 7) is 1.34. The lowest BCUT2D eigenvalue weighted by molar-refractivity contribution is 0.0916. The first-order valence-electron chi connectivity index (χ1n) is 8.58. The quantitative estimate of drug-likeness (QED) is 0.281. The number of hydrogen-bond donors (Lipinski definition) is 2. The van der Waals surface area contributed by atoms with E-state index >= 15 is 0 Å². The highest BCUT2D eigenvalue weighted by molar-refractivity contribution is 7.86. The van der Waals surface area contributed by atoms with Crippen molar-refractivity contribution in [3.63, 3.8) is 0 Å². The number of para-hydroxylation sites is 2. The maximum Gasteiger partial charge on any atom is 0.264 e. The molecule has 0 amide bonds. The Bertz CT molecular complexity index is 696. The third-order valence-electron chi connectivity index (χ3n) is 3.20. The Kier molecular flexibility index (Phi) is 11.3. The van der Waals surface area contributed by atoms with Crippen LogP contribution < -0.4 is 9.47 Å². The number of hydrogen-bond acceptors (Lipinski definition) is 8. The van der Waals surface area contributed by atoms with Gasteiger partial charge in [0.1, 0.15) is 13.2 Å². The Labute approximate surface area is 165 Å². The molecule has 0 saturated heterocycles. The fourth-order valence-electron chi connectivity index (χ4n) is 2.00. The monoisotopic (exact) mass is 442 g/mol. The van der Waals surface area contributed by atoms with Gasteiger partial charge in [-0.3, -0.25) is 9.11 Å². The summed E-state index contributed by atoms with van der Waals surface area (Å²) in [5, 5.41) is 0. The van der Waals surface area contributed by atoms with Crippen LogP contribution in [0.4, 0.5) is 0 Å². The summed E-state index contributed by atoms with van der Waals surface area (Å²) in [5.41, 5.74) is 0. The standard InChI is InChI=1S/C16H26O10S2/c17-27(18,19)13-3-7-23-9-11-25-15-5-1-2-6-16(15)26-12-10-24-8-4-14-28(20,21)22/h1-2,5-6H,3-4,7-14H2,(H,17,18,19)(H,20,21,22). The lowest BCUT2D eigenvalue weighted by Gasteiger charge is -2.13. The SMILES string of the molecule is O=S(=O)(O)CCCOCCOc1ccccc1OCCOCCCS(=O)(=O)O. The van der Waals surface area contributed by atoms with E-state index in [1.54, 1.807) is 24.3 Å². The van der Waals surface area contributed by atoms with Crippen molar-refractivity contribution in [2.24, 2.45) is 0 Å². The van der Waals surface area contributed by atoms with Gasteiger partial charge in [-0.15, -0.1) is 0 Å². The molecule has 12 heteroatoms. The van der Waals surface area contributed by atoms with Gasteiger partial charge in [-0.25, -0.2) is 0 Å². The number of ether oxygens (including phenoxy) is 4. The molecule has 28 heavy (non-hydrogen) atoms. The van der Waals surface area contributed by atoms with Gasteiger partial charge in [0.15, 0.2) is 11.5 Å². The van der Waals surface area contributed by atoms with Crippen molar-refractivity contribution in [3.8, 4) is 11.5 Å². The molecular formula is C16H26O10S2. The average Bonchev–Trinajstić information content (AvgIpc) is 2.59. The molecule has 0 atom stereocenters. The molecule has 0 spiro atoms. The van der Waals surface area contributed by atoms with Crippen molar-refractivity contribution in [3.05, 3.63) is 24.3 Å². The van der Waals surface area contributed by atoms with Crippen molar-refractivity contribution in [1.82, 2.24) is 0 Å². The summed E-state index contributed by atoms with van der Waals surface area (Å²) in [7, 11) is -7.93. The predicted molar refractivity (Wildman–Crippen MR) is 101 cm³/mol. The van der Waals surface area contributed by atoms with Crippen molar-refractivity contribution in [1.29, 1.82) is 0 Å². The molecule has 2 N–H and O–H groups in total. The highest BCUT2D eigenvalue weighted by Gasteiger charge is 2.06. The first kappa shape index (κ1) is 24.6. The second-order valence-corrected chi connectivity index (χ2v) is 8.79. The molecule has 162 valence electrons. The van der Waals surface area contributed by atoms with Crippen LogP contribution in [0.1, 0.15) is 12.8 Å². The van der Waals surface area contributed by atoms with E-state index in [2.05, 4.69) is 0 Å². The number of benzene rings is 1. The van der Waals surface area contributed by atoms with Crippen LogP contribution in [-0.4, -0.2) is 77.1 Å². The van der Waals surface area contributed by atoms with Gasteiger partial charge in [-0.2, -0.15) is 16.8 Å². The van der Waals surface area contributed by atoms with Crippen LogP contribution in [0.25, 0.3) is 0 Å². The van der Waals surface area contributed by atoms with Crippen LogP contribution in [-0.2, 0) is 29.7 Å². The molecule has 0 aromatic heterocycles. The second kappa shape index (κ2) is 12.9. The Hall–Kier alpha value is -1.44. The zero-order chi connectivity index (χ0) is 20.9. The Morgan fingerprint density at radius 1 is 0.643 bits per heavy atom. The van der Waals surface area contributed by atoms with E-state index in [4.69, 9.17) is 28.1 Å². The van der Waals surface area contributed by atoms with Gasteiger partial charge < -0.3 is 18.9 Å². The summed E-state index contributed by atoms with van der Waals surface area (Å²) in [6.07, 6.45) is 0.394. The lowest BCUT2D eigenvalue weighted by Crippen LogP contribution is -2.12. The average molecular weight is 443 g/mol. The third kappa shape index (κ3) is 13.7. The summed E-state index contributed by atoms with van der Waals surface area (Å²) in [5.74, 6) is 0.330. The fourth-order valence-corrected chi connectivity index (χ4v) is 2.97. The zero-order valence-corrected chi connectivity index (χ0v) is 17.0. The minimum absolute atomic E-state index is 0.191. The molecule has 1 aromatic carbocycles. The Balaban J connectivity index is 2.18. The Morgan fingerprint density at radius 2 is 1.04 bits per heavy atom. The topological polar surface area (TPSA) is 146 Å². The van der Waals surface area contributed by atoms with Gasteiger partial charge in [0.25, 0.3) is 20.2 Å². The molecular weight excluding hydrogens is 416 g/mol. The molecule has 0 unspecified atom stereocenters. The minimum atomic E-state index is -3.96. The van der Waals surface area contributed by atoms with Gasteiger partial charge in [0.2, 0.25) is 0 Å². The maximum atomic E-state index is 10.6. The van der Waals surface area contributed by atoms with Crippen LogP contribution in [0.2, 0.25) is 0 Å². The normalized spacial score (nSPS) is 12.1. The fraction of sp³-hybridized carbons (Fsp3) is 0.625. The van der Waals surface area contributed by atoms with Gasteiger partial charge in [-0.1, -0.05) is 12.1 Å². The van der Waals surface area contributed by atoms with E-state index in [0.29, 0.717) is 11.5 Å². The van der Waals surface area contributed by atoms with E-state index in [0.717, 1.165) is 0 Å². The van der Waals surface area contributed by atoms with Crippen LogP contribution in [0, 0.1) is 0 Å². The molecule has 1 rings (SSSR count). The summed E-state index contributed by atoms with van der Waals surface area (Å²) in [4.78, 5) is 0. The molecule has 0 bridgehead atoms. The van der Waals surface area contributed by atoms with Gasteiger partial charge in [0, 0.05) is 13.2 Å². The zero-order valence-electron chi connectivity index (χ0n) is 15.4. The molecule has 0 saturated carbocycles. The highest BCUT2D eigenvalue weighted by atomic mass is 32.2. The molecule has 0 aliphatic heterocycles. The van der Waals surface area contributed by atoms with E-state index in [-0.39, 0.29) is 64.0 Å². The molecule has 0 heterocycles. The van der Waals surface area contributed by atoms with Crippen molar-refractivity contribution >= 4 is 20.2 Å². The first-order chi connectivity index (χ1) is 13.2. The van der Waals surface area contributed by atoms with Gasteiger partial charge >= 0.3 is 0 Å². The summed E-state index contributed by atoms with van der Waals surface area (Å²) in [6, 6.07) is 7.00. The van der Waals surface area contributed by atoms with Crippen molar-refractivity contribution in [2.75, 3.05) is 51.1 Å². The molecule has 0 aliphatic carbocycles. The maximum absolute atomic E-state index is 10.6. The number of rotatable bonds is 16. The van der Waals surface area contributed by atoms with Crippen molar-refractivity contribution < 1.29 is 44.9 Å². The van der Waals surface area contributed by atoms with Crippen LogP contribution >= 0.6 is 0 Å². The van der Waals surface area contributed by atoms with E-state index in [1.165, 1.54) is 0 Å². The summed E-state index contributed by atoms with van der Waals surface area (Å²) < 4.78 is 81.0. The van der Waals surface area contributed by atoms with Crippen LogP contribution in [0.3, 0.4) is 0 Å². The van der Waals surface area contributed by atoms with Gasteiger partial charge in [0.05, 0.1) is 24.7 Å². The second-order valence-electron chi connectivity index (χ2n) is 5.65. The smallest absolute Gasteiger partial charge is 0.264 e. The molecule has 0 radical (unpaired) electrons. The van der Waals surface area contributed by atoms with E-state index < -0.39 is 20.2 Å². The lowest BCUT2D eigenvalue weighted by atomic mass is 10.3. The van der Waals surface area contributed by atoms with Crippen LogP contribution in [0.15, 0.2) is 24.3 Å². The predicted octanol–water partition coefficient (Wildman–Crippen LogP) is 1.03.